The fourth-order valence-corrected chi connectivity index (χ4v) is 4.84. The van der Waals surface area contributed by atoms with Gasteiger partial charge in [0, 0.05) is 36.8 Å². The number of piperidine rings is 1. The van der Waals surface area contributed by atoms with Crippen molar-refractivity contribution in [3.63, 3.8) is 0 Å². The summed E-state index contributed by atoms with van der Waals surface area (Å²) in [4.78, 5) is 18.9. The van der Waals surface area contributed by atoms with Crippen molar-refractivity contribution in [3.8, 4) is 17.0 Å². The first-order valence-corrected chi connectivity index (χ1v) is 12.1. The fraction of sp³-hybridized carbons (Fsp3) is 0.458. The molecule has 0 bridgehead atoms. The lowest BCUT2D eigenvalue weighted by atomic mass is 10.0. The van der Waals surface area contributed by atoms with Gasteiger partial charge in [-0.2, -0.15) is 4.98 Å². The predicted molar refractivity (Wildman–Crippen MR) is 128 cm³/mol. The van der Waals surface area contributed by atoms with Crippen LogP contribution in [0.1, 0.15) is 25.7 Å². The topological polar surface area (TPSA) is 102 Å². The highest BCUT2D eigenvalue weighted by Gasteiger charge is 2.35. The van der Waals surface area contributed by atoms with Crippen LogP contribution >= 0.6 is 0 Å². The van der Waals surface area contributed by atoms with Gasteiger partial charge in [-0.05, 0) is 49.4 Å². The summed E-state index contributed by atoms with van der Waals surface area (Å²) in [6.45, 7) is 0.949. The third-order valence-electron chi connectivity index (χ3n) is 6.87. The van der Waals surface area contributed by atoms with E-state index in [0.29, 0.717) is 34.3 Å². The van der Waals surface area contributed by atoms with Crippen molar-refractivity contribution in [2.75, 3.05) is 25.5 Å². The Balaban J connectivity index is 1.25. The summed E-state index contributed by atoms with van der Waals surface area (Å²) >= 11 is 0. The van der Waals surface area contributed by atoms with Crippen molar-refractivity contribution in [1.82, 2.24) is 34.5 Å². The van der Waals surface area contributed by atoms with E-state index >= 15 is 0 Å². The summed E-state index contributed by atoms with van der Waals surface area (Å²) in [5.74, 6) is 1.38. The Morgan fingerprint density at radius 1 is 1.19 bits per heavy atom. The molecule has 4 aromatic rings. The number of carbonyl (C=O) groups excluding carboxylic acids is 1. The van der Waals surface area contributed by atoms with Gasteiger partial charge in [0.25, 0.3) is 6.43 Å². The predicted octanol–water partition coefficient (Wildman–Crippen LogP) is 3.23. The maximum Gasteiger partial charge on any atom is 0.258 e. The average Bonchev–Trinajstić information content (AvgIpc) is 3.54. The van der Waals surface area contributed by atoms with E-state index in [-0.39, 0.29) is 12.0 Å². The molecule has 0 atom stereocenters. The van der Waals surface area contributed by atoms with Crippen LogP contribution in [-0.2, 0) is 11.3 Å². The van der Waals surface area contributed by atoms with Gasteiger partial charge in [-0.25, -0.2) is 18.0 Å². The zero-order valence-electron chi connectivity index (χ0n) is 19.8. The molecule has 1 saturated carbocycles. The van der Waals surface area contributed by atoms with Crippen LogP contribution in [0.5, 0.6) is 5.88 Å². The van der Waals surface area contributed by atoms with E-state index in [1.165, 1.54) is 4.68 Å². The molecule has 2 aliphatic rings. The van der Waals surface area contributed by atoms with Gasteiger partial charge >= 0.3 is 0 Å². The number of methoxy groups -OCH3 is 1. The van der Waals surface area contributed by atoms with Gasteiger partial charge in [0.1, 0.15) is 17.6 Å². The second-order valence-corrected chi connectivity index (χ2v) is 9.35. The molecule has 1 aliphatic carbocycles. The summed E-state index contributed by atoms with van der Waals surface area (Å²) in [6, 6.07) is 7.46. The number of nitrogens with zero attached hydrogens (tertiary/aromatic N) is 7. The first-order valence-electron chi connectivity index (χ1n) is 12.1. The number of alkyl halides is 2. The standard InChI is InChI=1S/C24H26F2N8O2/c1-36-22-21-17(15-4-5-18-19(12-15)34(31-29-18)13-20(25)26)8-11-33(21)30-24(28-22)27-16-6-9-32(10-7-16)23(35)14-2-3-14/h4-5,8,11-12,14,16,20H,2-3,6-7,9-10,13H2,1H3,(H,27,30). The van der Waals surface area contributed by atoms with Crippen molar-refractivity contribution in [1.29, 1.82) is 0 Å². The monoisotopic (exact) mass is 496 g/mol. The van der Waals surface area contributed by atoms with Gasteiger partial charge in [-0.1, -0.05) is 11.3 Å². The van der Waals surface area contributed by atoms with Crippen LogP contribution in [0, 0.1) is 5.92 Å². The van der Waals surface area contributed by atoms with Crippen LogP contribution in [0.15, 0.2) is 30.5 Å². The number of likely N-dealkylation sites (tertiary alicyclic amines) is 1. The molecule has 0 radical (unpaired) electrons. The minimum atomic E-state index is -2.53. The SMILES string of the molecule is COc1nc(NC2CCN(C(=O)C3CC3)CC2)nn2ccc(-c3ccc4nnn(CC(F)F)c4c3)c12. The molecule has 3 aromatic heterocycles. The normalized spacial score (nSPS) is 16.8. The lowest BCUT2D eigenvalue weighted by Gasteiger charge is -2.32. The average molecular weight is 497 g/mol. The minimum absolute atomic E-state index is 0.162. The number of amides is 1. The quantitative estimate of drug-likeness (QED) is 0.419. The van der Waals surface area contributed by atoms with E-state index in [9.17, 15) is 13.6 Å². The first kappa shape index (κ1) is 22.6. The molecule has 0 unspecified atom stereocenters. The zero-order chi connectivity index (χ0) is 24.8. The van der Waals surface area contributed by atoms with Crippen LogP contribution in [0.3, 0.4) is 0 Å². The highest BCUT2D eigenvalue weighted by Crippen LogP contribution is 2.34. The number of ether oxygens (including phenoxy) is 1. The summed E-state index contributed by atoms with van der Waals surface area (Å²) in [5, 5.41) is 15.9. The van der Waals surface area contributed by atoms with E-state index in [0.717, 1.165) is 49.9 Å². The molecule has 1 N–H and O–H groups in total. The number of carbonyl (C=O) groups is 1. The second kappa shape index (κ2) is 8.99. The number of fused-ring (bicyclic) bond motifs is 2. The van der Waals surface area contributed by atoms with E-state index in [1.807, 2.05) is 23.2 Å². The number of nitrogens with one attached hydrogen (secondary N) is 1. The molecule has 2 fully saturated rings. The molecule has 6 rings (SSSR count). The summed E-state index contributed by atoms with van der Waals surface area (Å²) in [5.41, 5.74) is 3.33. The van der Waals surface area contributed by atoms with E-state index in [2.05, 4.69) is 25.7 Å². The zero-order valence-corrected chi connectivity index (χ0v) is 19.8. The number of anilines is 1. The van der Waals surface area contributed by atoms with Crippen LogP contribution in [0.2, 0.25) is 0 Å². The Bertz CT molecular complexity index is 1420. The largest absolute Gasteiger partial charge is 0.479 e. The van der Waals surface area contributed by atoms with Gasteiger partial charge < -0.3 is 15.0 Å². The van der Waals surface area contributed by atoms with Gasteiger partial charge in [-0.15, -0.1) is 10.2 Å². The van der Waals surface area contributed by atoms with Crippen molar-refractivity contribution < 1.29 is 18.3 Å². The van der Waals surface area contributed by atoms with E-state index in [4.69, 9.17) is 4.74 Å². The Labute approximate surface area is 205 Å². The van der Waals surface area contributed by atoms with E-state index < -0.39 is 13.0 Å². The third-order valence-corrected chi connectivity index (χ3v) is 6.87. The van der Waals surface area contributed by atoms with Gasteiger partial charge in [0.2, 0.25) is 17.7 Å². The second-order valence-electron chi connectivity index (χ2n) is 9.35. The van der Waals surface area contributed by atoms with E-state index in [1.54, 1.807) is 23.8 Å². The molecule has 0 spiro atoms. The van der Waals surface area contributed by atoms with Crippen LogP contribution in [0.25, 0.3) is 27.7 Å². The van der Waals surface area contributed by atoms with Crippen LogP contribution < -0.4 is 10.1 Å². The number of hydrogen-bond acceptors (Lipinski definition) is 7. The lowest BCUT2D eigenvalue weighted by molar-refractivity contribution is -0.133. The molecule has 1 saturated heterocycles. The molecular formula is C24H26F2N8O2. The molecule has 4 heterocycles. The maximum absolute atomic E-state index is 13.0. The van der Waals surface area contributed by atoms with Crippen molar-refractivity contribution in [3.05, 3.63) is 30.5 Å². The molecule has 1 amide bonds. The molecular weight excluding hydrogens is 470 g/mol. The fourth-order valence-electron chi connectivity index (χ4n) is 4.84. The van der Waals surface area contributed by atoms with Crippen molar-refractivity contribution in [2.45, 2.75) is 44.7 Å². The number of halogens is 2. The Hall–Kier alpha value is -3.83. The van der Waals surface area contributed by atoms with Crippen LogP contribution in [0.4, 0.5) is 14.7 Å². The molecule has 1 aliphatic heterocycles. The molecule has 188 valence electrons. The maximum atomic E-state index is 13.0. The highest BCUT2D eigenvalue weighted by atomic mass is 19.3. The van der Waals surface area contributed by atoms with Crippen molar-refractivity contribution in [2.24, 2.45) is 5.92 Å². The molecule has 36 heavy (non-hydrogen) atoms. The number of benzene rings is 1. The number of hydrogen-bond donors (Lipinski definition) is 1. The smallest absolute Gasteiger partial charge is 0.258 e. The summed E-state index contributed by atoms with van der Waals surface area (Å²) in [6.07, 6.45) is 3.00. The number of aromatic nitrogens is 6. The summed E-state index contributed by atoms with van der Waals surface area (Å²) in [7, 11) is 1.55. The Morgan fingerprint density at radius 3 is 2.72 bits per heavy atom. The van der Waals surface area contributed by atoms with Crippen molar-refractivity contribution >= 4 is 28.4 Å². The molecule has 12 heteroatoms. The molecule has 10 nitrogen and oxygen atoms in total. The lowest BCUT2D eigenvalue weighted by Crippen LogP contribution is -2.43. The van der Waals surface area contributed by atoms with Gasteiger partial charge in [-0.3, -0.25) is 4.79 Å². The van der Waals surface area contributed by atoms with Gasteiger partial charge in [0.05, 0.1) is 12.6 Å². The Morgan fingerprint density at radius 2 is 2.00 bits per heavy atom. The first-order chi connectivity index (χ1) is 17.5. The molecule has 1 aromatic carbocycles. The van der Waals surface area contributed by atoms with Gasteiger partial charge in [0.15, 0.2) is 0 Å². The third kappa shape index (κ3) is 4.20. The highest BCUT2D eigenvalue weighted by molar-refractivity contribution is 5.89. The minimum Gasteiger partial charge on any atom is -0.479 e. The van der Waals surface area contributed by atoms with Crippen LogP contribution in [-0.4, -0.2) is 73.1 Å². The summed E-state index contributed by atoms with van der Waals surface area (Å²) < 4.78 is 34.4. The Kier molecular flexibility index (Phi) is 5.65. The number of rotatable bonds is 7.